The van der Waals surface area contributed by atoms with Crippen molar-refractivity contribution in [1.82, 2.24) is 83.2 Å². The summed E-state index contributed by atoms with van der Waals surface area (Å²) in [4.78, 5) is 82.7. The molecule has 11 N–H and O–H groups in total. The number of anilines is 2. The minimum atomic E-state index is -3.87. The first kappa shape index (κ1) is 120. The van der Waals surface area contributed by atoms with Crippen molar-refractivity contribution in [2.75, 3.05) is 91.9 Å². The maximum Gasteiger partial charge on any atom is 0.323 e. The fourth-order valence-corrected chi connectivity index (χ4v) is 23.2. The van der Waals surface area contributed by atoms with Crippen LogP contribution in [0.1, 0.15) is 167 Å². The van der Waals surface area contributed by atoms with Gasteiger partial charge in [0.15, 0.2) is 72.2 Å². The predicted octanol–water partition coefficient (Wildman–Crippen LogP) is 12.8. The fraction of sp³-hybridized carbons (Fsp3) is 0.613. The number of hydrogen-bond donors (Lipinski definition) is 8. The largest absolute Gasteiger partial charge is 0.494 e. The van der Waals surface area contributed by atoms with Crippen molar-refractivity contribution in [2.24, 2.45) is 27.4 Å². The summed E-state index contributed by atoms with van der Waals surface area (Å²) in [6, 6.07) is 13.3. The standard InChI is InChI=1S/C29H41FN5O8PS.C22H31FN5O6P.C21H34FN6O5P.C21H30FN6O5P/c1-18(2)42-28(36)20(4)34-44(7,37)41-16-23-29(5,13-15-33-45(38,39)21-10-8-19(3)9-11-21)25(30)27(43-23)35-17-32-24-22(40-6)12-14-31-26(24)35;1-13(2)33-21(29)14(3)27-35(6,30)32-11-16-22(4,8-9-24)18(23)20(34-16)28-12-26-17-15(31-5)7-10-25-19(17)28;2*1-12(2)32-20(29)13(3)27-34(5,30)31-10-15-21(4,7-8-23)17(22)19(33-15)28-11-26-16-14(24)6-9-25-18(16)28/h8-12,14,17-18,20,23,25,27,33H,13,15-16H2,1-7H3,(H,34,37);7,10,12-14,16,18,20H,8,11H2,1-6H3,(H,27,30);6,9,11-13,15,17,19H,7-8,10,23H2,1-5H3,(H2,24,25)(H,27,30);6,9,11-13,15,17,19H,7,10H2,1-5H3,(H2,24,25)(H,27,30)/t20-,23+,25-,27+,29?,44?;14-,16+,18-,20+,22?,35?;2*13-,15+,17-,19+,21?,34?/m0000/s1. The van der Waals surface area contributed by atoms with Crippen molar-refractivity contribution in [3.63, 3.8) is 0 Å². The Morgan fingerprint density at radius 2 is 0.696 bits per heavy atom. The minimum absolute atomic E-state index is 0.00568. The lowest BCUT2D eigenvalue weighted by Gasteiger charge is -2.32. The smallest absolute Gasteiger partial charge is 0.323 e. The number of rotatable bonds is 43. The summed E-state index contributed by atoms with van der Waals surface area (Å²) in [5.74, 6) is -1.37. The molecule has 4 saturated heterocycles. The molecule has 1 aromatic carbocycles. The molecule has 13 rings (SSSR count). The van der Waals surface area contributed by atoms with Gasteiger partial charge in [-0.25, -0.2) is 90.9 Å². The molecule has 46 nitrogen and oxygen atoms in total. The number of aryl methyl sites for hydroxylation is 1. The van der Waals surface area contributed by atoms with E-state index in [1.165, 1.54) is 149 Å². The zero-order valence-corrected chi connectivity index (χ0v) is 91.2. The van der Waals surface area contributed by atoms with Gasteiger partial charge in [-0.15, -0.1) is 0 Å². The minimum Gasteiger partial charge on any atom is -0.494 e. The van der Waals surface area contributed by atoms with Crippen LogP contribution in [0.15, 0.2) is 104 Å². The van der Waals surface area contributed by atoms with Crippen molar-refractivity contribution < 1.29 is 129 Å². The summed E-state index contributed by atoms with van der Waals surface area (Å²) in [5.41, 5.74) is 17.6. The number of benzene rings is 1. The maximum absolute atomic E-state index is 16.6. The molecule has 0 aliphatic carbocycles. The van der Waals surface area contributed by atoms with E-state index >= 15 is 17.6 Å². The van der Waals surface area contributed by atoms with Gasteiger partial charge < -0.3 is 82.7 Å². The van der Waals surface area contributed by atoms with Gasteiger partial charge in [-0.1, -0.05) is 45.4 Å². The molecule has 0 spiro atoms. The average Bonchev–Trinajstić information content (AvgIpc) is 1.61. The second-order valence-corrected chi connectivity index (χ2v) is 49.5. The van der Waals surface area contributed by atoms with Gasteiger partial charge in [0.25, 0.3) is 30.1 Å². The average molecular weight is 2180 g/mol. The Kier molecular flexibility index (Phi) is 40.4. The predicted molar refractivity (Wildman–Crippen MR) is 538 cm³/mol. The Morgan fingerprint density at radius 1 is 0.432 bits per heavy atom. The van der Waals surface area contributed by atoms with Crippen LogP contribution in [0.2, 0.25) is 0 Å². The van der Waals surface area contributed by atoms with Crippen LogP contribution in [0.5, 0.6) is 11.5 Å². The van der Waals surface area contributed by atoms with Gasteiger partial charge >= 0.3 is 23.9 Å². The molecule has 24 atom stereocenters. The number of nitrogens with one attached hydrogen (secondary N) is 5. The van der Waals surface area contributed by atoms with E-state index < -0.39 is 184 Å². The normalized spacial score (nSPS) is 26.3. The number of esters is 4. The third kappa shape index (κ3) is 28.6. The number of hydrogen-bond acceptors (Lipinski definition) is 37. The van der Waals surface area contributed by atoms with Crippen LogP contribution in [0.3, 0.4) is 0 Å². The van der Waals surface area contributed by atoms with E-state index in [1.54, 1.807) is 119 Å². The number of nitrogen functional groups attached to an aromatic ring is 2. The lowest BCUT2D eigenvalue weighted by Crippen LogP contribution is -2.41. The maximum atomic E-state index is 16.6. The molecule has 4 aliphatic rings. The molecular formula is C93H136F4N22O24P4S. The van der Waals surface area contributed by atoms with Crippen LogP contribution in [0, 0.1) is 51.2 Å². The number of sulfonamides is 1. The number of nitriles is 2. The van der Waals surface area contributed by atoms with Crippen molar-refractivity contribution in [3.05, 3.63) is 104 Å². The number of pyridine rings is 4. The molecule has 0 radical (unpaired) electrons. The van der Waals surface area contributed by atoms with E-state index in [0.717, 1.165) is 5.56 Å². The van der Waals surface area contributed by atoms with Crippen LogP contribution in [-0.4, -0.2) is 269 Å². The highest BCUT2D eigenvalue weighted by Crippen LogP contribution is 2.56. The number of imidazole rings is 4. The number of halogens is 4. The first-order valence-electron chi connectivity index (χ1n) is 47.6. The summed E-state index contributed by atoms with van der Waals surface area (Å²) < 4.78 is 229. The van der Waals surface area contributed by atoms with Crippen LogP contribution in [-0.2, 0) is 103 Å². The fourth-order valence-electron chi connectivity index (χ4n) is 17.0. The monoisotopic (exact) mass is 2180 g/mol. The highest BCUT2D eigenvalue weighted by molar-refractivity contribution is 7.89. The molecule has 4 fully saturated rings. The number of ether oxygens (including phenoxy) is 10. The van der Waals surface area contributed by atoms with Gasteiger partial charge in [0.05, 0.1) is 143 Å². The lowest BCUT2D eigenvalue weighted by atomic mass is 9.78. The molecule has 55 heteroatoms. The van der Waals surface area contributed by atoms with Gasteiger partial charge in [0.2, 0.25) is 10.0 Å². The van der Waals surface area contributed by atoms with Crippen LogP contribution < -0.4 is 51.7 Å². The number of fused-ring (bicyclic) bond motifs is 4. The second kappa shape index (κ2) is 49.9. The third-order valence-electron chi connectivity index (χ3n) is 25.4. The number of aromatic nitrogens is 12. The molecule has 0 saturated carbocycles. The molecule has 12 heterocycles. The van der Waals surface area contributed by atoms with Crippen molar-refractivity contribution in [2.45, 2.75) is 271 Å². The number of methoxy groups -OCH3 is 2. The van der Waals surface area contributed by atoms with Crippen molar-refractivity contribution >= 4 is 120 Å². The van der Waals surface area contributed by atoms with Crippen molar-refractivity contribution in [3.8, 4) is 23.6 Å². The van der Waals surface area contributed by atoms with E-state index in [1.807, 2.05) is 19.1 Å². The van der Waals surface area contributed by atoms with Gasteiger partial charge in [-0.3, -0.25) is 55.7 Å². The molecule has 9 aromatic rings. The Morgan fingerprint density at radius 3 is 0.973 bits per heavy atom. The summed E-state index contributed by atoms with van der Waals surface area (Å²) in [6.45, 7) is 32.4. The molecule has 816 valence electrons. The summed E-state index contributed by atoms with van der Waals surface area (Å²) in [5, 5.41) is 29.3. The first-order valence-corrected chi connectivity index (χ1v) is 57.4. The second-order valence-electron chi connectivity index (χ2n) is 38.9. The van der Waals surface area contributed by atoms with E-state index in [-0.39, 0.29) is 88.1 Å². The van der Waals surface area contributed by atoms with E-state index in [4.69, 9.17) is 82.7 Å². The highest BCUT2D eigenvalue weighted by atomic mass is 32.2. The summed E-state index contributed by atoms with van der Waals surface area (Å²) in [6.07, 6.45) is -4.25. The quantitative estimate of drug-likeness (QED) is 0.00761. The molecule has 0 bridgehead atoms. The Labute approximate surface area is 856 Å². The Bertz CT molecular complexity index is 6530. The number of nitrogens with zero attached hydrogens (tertiary/aromatic N) is 14. The van der Waals surface area contributed by atoms with Crippen LogP contribution >= 0.6 is 30.1 Å². The highest BCUT2D eigenvalue weighted by Gasteiger charge is 2.60. The number of carbonyl (C=O) groups excluding carboxylic acids is 4. The van der Waals surface area contributed by atoms with E-state index in [9.17, 15) is 56.4 Å². The van der Waals surface area contributed by atoms with Gasteiger partial charge in [0, 0.05) is 105 Å². The molecule has 148 heavy (non-hydrogen) atoms. The van der Waals surface area contributed by atoms with E-state index in [2.05, 4.69) is 64.9 Å². The molecule has 0 amide bonds. The van der Waals surface area contributed by atoms with E-state index in [0.29, 0.717) is 74.0 Å². The zero-order chi connectivity index (χ0) is 110. The topological polar surface area (TPSA) is 609 Å². The molecule has 8 aromatic heterocycles. The van der Waals surface area contributed by atoms with Gasteiger partial charge in [0.1, 0.15) is 57.7 Å². The lowest BCUT2D eigenvalue weighted by molar-refractivity contribution is -0.149. The molecule has 8 unspecified atom stereocenters. The summed E-state index contributed by atoms with van der Waals surface area (Å²) in [7, 11) is -15.0. The molecular weight excluding hydrogens is 2040 g/mol. The SMILES string of the molecule is CC(C)OC(=O)[C@H](C)NP(C)(=O)OC[C@H]1O[C@@H](n2cnc3c(N)ccnc32)[C@H](F)C1(C)CC#N.CC(C)OC(=O)[C@H](C)NP(C)(=O)OC[C@H]1O[C@@H](n2cnc3c(N)ccnc32)[C@H](F)C1(C)CCN.COc1ccnc2c1ncn2[C@@H]1O[C@H](COP(C)(=O)N[C@@H](C)C(=O)OC(C)C)C(C)(CC#N)[C@H]1F.COc1ccnc2c1ncn2[C@@H]1O[C@H](COP(C)(=O)N[C@@H](C)C(=O)OC(C)C)C(C)(CCNS(=O)(=O)c2ccc(C)cc2)[C@H]1F. The number of alkyl halides is 4. The Hall–Kier alpha value is -10.2. The molecule has 4 aliphatic heterocycles. The zero-order valence-electron chi connectivity index (χ0n) is 86.9. The van der Waals surface area contributed by atoms with Crippen molar-refractivity contribution in [1.29, 1.82) is 10.5 Å². The number of nitrogens with two attached hydrogens (primary N) is 3. The Balaban J connectivity index is 0.000000203. The van der Waals surface area contributed by atoms with Gasteiger partial charge in [-0.2, -0.15) is 10.5 Å². The number of carbonyl (C=O) groups is 4. The third-order valence-corrected chi connectivity index (χ3v) is 32.8. The van der Waals surface area contributed by atoms with Crippen LogP contribution in [0.4, 0.5) is 28.9 Å². The first-order chi connectivity index (χ1) is 69.3. The van der Waals surface area contributed by atoms with Crippen LogP contribution in [0.25, 0.3) is 44.7 Å². The van der Waals surface area contributed by atoms with Gasteiger partial charge in [-0.05, 0) is 134 Å². The summed E-state index contributed by atoms with van der Waals surface area (Å²) >= 11 is 0.